The molecular formula is C16H14ClN3O3. The second-order valence-electron chi connectivity index (χ2n) is 4.92. The average Bonchev–Trinajstić information content (AvgIpc) is 3.09. The zero-order chi connectivity index (χ0) is 16.6. The van der Waals surface area contributed by atoms with Crippen LogP contribution in [0.1, 0.15) is 5.76 Å². The summed E-state index contributed by atoms with van der Waals surface area (Å²) in [6, 6.07) is 8.89. The maximum atomic E-state index is 11.9. The Bertz CT molecular complexity index is 839. The molecule has 2 aromatic rings. The van der Waals surface area contributed by atoms with Crippen molar-refractivity contribution in [1.29, 1.82) is 0 Å². The van der Waals surface area contributed by atoms with E-state index in [1.165, 1.54) is 4.90 Å². The molecule has 7 heteroatoms. The first-order chi connectivity index (χ1) is 11.0. The number of methoxy groups -OCH3 is 1. The van der Waals surface area contributed by atoms with Crippen molar-refractivity contribution >= 4 is 29.5 Å². The Hall–Kier alpha value is -2.73. The number of hydrogen-bond donors (Lipinski definition) is 1. The predicted octanol–water partition coefficient (Wildman–Crippen LogP) is 2.74. The van der Waals surface area contributed by atoms with Gasteiger partial charge in [-0.2, -0.15) is 0 Å². The SMILES string of the molecule is COc1ccc(-c2ccc(C=C3N=C(N)N(C)C3=O)o2)cc1Cl. The number of carbonyl (C=O) groups excluding carboxylic acids is 1. The number of benzene rings is 1. The van der Waals surface area contributed by atoms with Gasteiger partial charge in [-0.1, -0.05) is 11.6 Å². The van der Waals surface area contributed by atoms with Crippen LogP contribution in [-0.2, 0) is 4.79 Å². The van der Waals surface area contributed by atoms with E-state index in [-0.39, 0.29) is 17.6 Å². The molecule has 1 amide bonds. The number of rotatable bonds is 3. The lowest BCUT2D eigenvalue weighted by Crippen LogP contribution is -2.33. The van der Waals surface area contributed by atoms with Crippen molar-refractivity contribution in [2.45, 2.75) is 0 Å². The predicted molar refractivity (Wildman–Crippen MR) is 88.1 cm³/mol. The molecule has 118 valence electrons. The summed E-state index contributed by atoms with van der Waals surface area (Å²) in [4.78, 5) is 17.2. The molecule has 1 aliphatic heterocycles. The zero-order valence-corrected chi connectivity index (χ0v) is 13.3. The molecule has 2 N–H and O–H groups in total. The van der Waals surface area contributed by atoms with Crippen LogP contribution in [0.5, 0.6) is 5.75 Å². The molecule has 0 fully saturated rings. The first-order valence-electron chi connectivity index (χ1n) is 6.77. The van der Waals surface area contributed by atoms with Gasteiger partial charge in [0.15, 0.2) is 0 Å². The maximum Gasteiger partial charge on any atom is 0.279 e. The summed E-state index contributed by atoms with van der Waals surface area (Å²) >= 11 is 6.11. The van der Waals surface area contributed by atoms with E-state index in [9.17, 15) is 4.79 Å². The van der Waals surface area contributed by atoms with E-state index in [1.54, 1.807) is 44.5 Å². The topological polar surface area (TPSA) is 81.1 Å². The number of ether oxygens (including phenoxy) is 1. The van der Waals surface area contributed by atoms with E-state index in [2.05, 4.69) is 4.99 Å². The standard InChI is InChI=1S/C16H14ClN3O3/c1-20-15(21)12(19-16(20)18)8-10-4-6-13(23-10)9-3-5-14(22-2)11(17)7-9/h3-8H,1-2H3,(H2,18,19). The highest BCUT2D eigenvalue weighted by molar-refractivity contribution is 6.32. The Morgan fingerprint density at radius 2 is 2.13 bits per heavy atom. The Morgan fingerprint density at radius 3 is 2.74 bits per heavy atom. The van der Waals surface area contributed by atoms with Gasteiger partial charge in [0.25, 0.3) is 5.91 Å². The molecular weight excluding hydrogens is 318 g/mol. The number of aliphatic imine (C=N–C) groups is 1. The van der Waals surface area contributed by atoms with Crippen LogP contribution in [0.2, 0.25) is 5.02 Å². The van der Waals surface area contributed by atoms with Gasteiger partial charge in [-0.15, -0.1) is 0 Å². The largest absolute Gasteiger partial charge is 0.495 e. The van der Waals surface area contributed by atoms with Crippen molar-refractivity contribution in [3.05, 3.63) is 46.8 Å². The highest BCUT2D eigenvalue weighted by Gasteiger charge is 2.25. The van der Waals surface area contributed by atoms with Crippen LogP contribution in [0.3, 0.4) is 0 Å². The second-order valence-corrected chi connectivity index (χ2v) is 5.32. The van der Waals surface area contributed by atoms with Crippen LogP contribution < -0.4 is 10.5 Å². The molecule has 0 unspecified atom stereocenters. The molecule has 1 aromatic heterocycles. The van der Waals surface area contributed by atoms with Gasteiger partial charge < -0.3 is 14.9 Å². The molecule has 23 heavy (non-hydrogen) atoms. The minimum absolute atomic E-state index is 0.162. The van der Waals surface area contributed by atoms with Gasteiger partial charge in [-0.25, -0.2) is 4.99 Å². The Labute approximate surface area is 137 Å². The van der Waals surface area contributed by atoms with Gasteiger partial charge in [0.2, 0.25) is 5.96 Å². The molecule has 1 aliphatic rings. The molecule has 0 saturated heterocycles. The number of hydrogen-bond acceptors (Lipinski definition) is 5. The summed E-state index contributed by atoms with van der Waals surface area (Å²) in [7, 11) is 3.12. The number of nitrogens with zero attached hydrogens (tertiary/aromatic N) is 2. The van der Waals surface area contributed by atoms with Gasteiger partial charge in [0.05, 0.1) is 12.1 Å². The molecule has 0 saturated carbocycles. The highest BCUT2D eigenvalue weighted by Crippen LogP contribution is 2.31. The average molecular weight is 332 g/mol. The quantitative estimate of drug-likeness (QED) is 0.877. The Morgan fingerprint density at radius 1 is 1.35 bits per heavy atom. The third-order valence-corrected chi connectivity index (χ3v) is 3.74. The van der Waals surface area contributed by atoms with Gasteiger partial charge in [0.1, 0.15) is 23.0 Å². The van der Waals surface area contributed by atoms with Gasteiger partial charge >= 0.3 is 0 Å². The fourth-order valence-corrected chi connectivity index (χ4v) is 2.41. The number of nitrogens with two attached hydrogens (primary N) is 1. The van der Waals surface area contributed by atoms with Crippen molar-refractivity contribution in [2.75, 3.05) is 14.2 Å². The lowest BCUT2D eigenvalue weighted by molar-refractivity contribution is -0.121. The minimum atomic E-state index is -0.270. The number of carbonyl (C=O) groups is 1. The zero-order valence-electron chi connectivity index (χ0n) is 12.5. The summed E-state index contributed by atoms with van der Waals surface area (Å²) < 4.78 is 10.8. The fourth-order valence-electron chi connectivity index (χ4n) is 2.16. The fraction of sp³-hybridized carbons (Fsp3) is 0.125. The summed E-state index contributed by atoms with van der Waals surface area (Å²) in [5.41, 5.74) is 6.65. The summed E-state index contributed by atoms with van der Waals surface area (Å²) in [6.45, 7) is 0. The van der Waals surface area contributed by atoms with Crippen molar-refractivity contribution in [3.63, 3.8) is 0 Å². The van der Waals surface area contributed by atoms with E-state index in [0.717, 1.165) is 5.56 Å². The lowest BCUT2D eigenvalue weighted by atomic mass is 10.2. The van der Waals surface area contributed by atoms with Gasteiger partial charge in [-0.3, -0.25) is 9.69 Å². The molecule has 0 aliphatic carbocycles. The van der Waals surface area contributed by atoms with E-state index in [4.69, 9.17) is 26.5 Å². The minimum Gasteiger partial charge on any atom is -0.495 e. The van der Waals surface area contributed by atoms with Crippen LogP contribution in [-0.4, -0.2) is 30.9 Å². The van der Waals surface area contributed by atoms with E-state index in [0.29, 0.717) is 22.3 Å². The van der Waals surface area contributed by atoms with Crippen LogP contribution >= 0.6 is 11.6 Å². The molecule has 2 heterocycles. The van der Waals surface area contributed by atoms with Crippen molar-refractivity contribution < 1.29 is 13.9 Å². The highest BCUT2D eigenvalue weighted by atomic mass is 35.5. The second kappa shape index (κ2) is 5.81. The number of amides is 1. The van der Waals surface area contributed by atoms with E-state index in [1.807, 2.05) is 6.07 Å². The van der Waals surface area contributed by atoms with Crippen LogP contribution in [0.25, 0.3) is 17.4 Å². The van der Waals surface area contributed by atoms with Crippen molar-refractivity contribution in [2.24, 2.45) is 10.7 Å². The van der Waals surface area contributed by atoms with Crippen LogP contribution in [0.4, 0.5) is 0 Å². The van der Waals surface area contributed by atoms with Gasteiger partial charge in [-0.05, 0) is 30.3 Å². The summed E-state index contributed by atoms with van der Waals surface area (Å²) in [5, 5.41) is 0.492. The number of furan rings is 1. The monoisotopic (exact) mass is 331 g/mol. The molecule has 3 rings (SSSR count). The molecule has 0 atom stereocenters. The van der Waals surface area contributed by atoms with Crippen molar-refractivity contribution in [1.82, 2.24) is 4.90 Å². The first-order valence-corrected chi connectivity index (χ1v) is 7.15. The van der Waals surface area contributed by atoms with Crippen LogP contribution in [0.15, 0.2) is 45.4 Å². The third kappa shape index (κ3) is 2.80. The van der Waals surface area contributed by atoms with E-state index < -0.39 is 0 Å². The Kier molecular flexibility index (Phi) is 3.83. The van der Waals surface area contributed by atoms with Crippen molar-refractivity contribution in [3.8, 4) is 17.1 Å². The first kappa shape index (κ1) is 15.2. The number of halogens is 1. The molecule has 0 radical (unpaired) electrons. The third-order valence-electron chi connectivity index (χ3n) is 3.44. The molecule has 6 nitrogen and oxygen atoms in total. The Balaban J connectivity index is 1.90. The van der Waals surface area contributed by atoms with Gasteiger partial charge in [0, 0.05) is 18.7 Å². The van der Waals surface area contributed by atoms with E-state index >= 15 is 0 Å². The lowest BCUT2D eigenvalue weighted by Gasteiger charge is -2.05. The summed E-state index contributed by atoms with van der Waals surface area (Å²) in [5.74, 6) is 1.61. The molecule has 0 bridgehead atoms. The molecule has 1 aromatic carbocycles. The maximum absolute atomic E-state index is 11.9. The molecule has 0 spiro atoms. The van der Waals surface area contributed by atoms with Crippen LogP contribution in [0, 0.1) is 0 Å². The normalized spacial score (nSPS) is 16.1. The smallest absolute Gasteiger partial charge is 0.279 e. The number of guanidine groups is 1. The summed E-state index contributed by atoms with van der Waals surface area (Å²) in [6.07, 6.45) is 1.55. The number of likely N-dealkylation sites (N-methyl/N-ethyl adjacent to an activating group) is 1.